The van der Waals surface area contributed by atoms with Gasteiger partial charge in [0.1, 0.15) is 57.8 Å². The lowest BCUT2D eigenvalue weighted by atomic mass is 10.2. The molecule has 0 aliphatic rings. The molecule has 0 aromatic carbocycles. The Hall–Kier alpha value is -12.5. The number of aromatic nitrogens is 23. The van der Waals surface area contributed by atoms with Gasteiger partial charge < -0.3 is 31.5 Å². The van der Waals surface area contributed by atoms with Crippen LogP contribution in [0.3, 0.4) is 0 Å². The number of rotatable bonds is 14. The van der Waals surface area contributed by atoms with Crippen molar-refractivity contribution < 1.29 is 9.59 Å². The molecule has 0 aliphatic heterocycles. The van der Waals surface area contributed by atoms with Crippen LogP contribution in [0.1, 0.15) is 24.4 Å². The highest BCUT2D eigenvalue weighted by atomic mass is 16.2. The number of hydrogen-bond acceptors (Lipinski definition) is 23. The zero-order chi connectivity index (χ0) is 58.8. The first-order chi connectivity index (χ1) is 41.4. The minimum Gasteiger partial charge on any atom is -0.338 e. The number of nitrogens with zero attached hydrogens (tertiary/aromatic N) is 21. The molecule has 33 nitrogen and oxygen atoms in total. The van der Waals surface area contributed by atoms with Crippen molar-refractivity contribution in [2.75, 3.05) is 52.5 Å². The Labute approximate surface area is 480 Å². The molecule has 13 aromatic rings. The van der Waals surface area contributed by atoms with Crippen molar-refractivity contribution in [1.82, 2.24) is 124 Å². The Balaban J connectivity index is 0.000000133. The fraction of sp³-hybridized carbons (Fsp3) is 0.135. The number of H-pyrrole nitrogens is 3. The Bertz CT molecular complexity index is 4400. The van der Waals surface area contributed by atoms with Gasteiger partial charge in [-0.05, 0) is 64.1 Å². The first-order valence-corrected chi connectivity index (χ1v) is 25.9. The Morgan fingerprint density at radius 3 is 1.29 bits per heavy atom. The number of aromatic amines is 3. The van der Waals surface area contributed by atoms with Crippen molar-refractivity contribution in [1.29, 1.82) is 0 Å². The smallest absolute Gasteiger partial charge is 0.322 e. The fourth-order valence-electron chi connectivity index (χ4n) is 8.27. The van der Waals surface area contributed by atoms with E-state index in [-0.39, 0.29) is 12.1 Å². The van der Waals surface area contributed by atoms with E-state index in [4.69, 9.17) is 0 Å². The second-order valence-electron chi connectivity index (χ2n) is 18.1. The largest absolute Gasteiger partial charge is 0.338 e. The number of fused-ring (bicyclic) bond motifs is 3. The van der Waals surface area contributed by atoms with E-state index in [2.05, 4.69) is 138 Å². The van der Waals surface area contributed by atoms with Gasteiger partial charge in [-0.3, -0.25) is 30.9 Å². The maximum atomic E-state index is 12.0. The van der Waals surface area contributed by atoms with Crippen LogP contribution in [0.5, 0.6) is 0 Å². The molecule has 85 heavy (non-hydrogen) atoms. The highest BCUT2D eigenvalue weighted by molar-refractivity contribution is 5.90. The Morgan fingerprint density at radius 1 is 0.482 bits per heavy atom. The molecule has 0 unspecified atom stereocenters. The summed E-state index contributed by atoms with van der Waals surface area (Å²) in [4.78, 5) is 74.1. The summed E-state index contributed by atoms with van der Waals surface area (Å²) in [6.45, 7) is 7.68. The quantitative estimate of drug-likeness (QED) is 0.0544. The number of urea groups is 2. The summed E-state index contributed by atoms with van der Waals surface area (Å²) in [5.74, 6) is 7.04. The molecule has 33 heteroatoms. The first kappa shape index (κ1) is 54.5. The average molecular weight is 1140 g/mol. The SMILES string of the molecule is CCNC(=O)Nc1cc(-c2c(Nc3cc[nH]n3)nc3cccnn23)nc(C)n1.Cc1nc(NC(=O)N(C)C)cc(-c2c(Nc3cc[nH]n3)nc3cccnn23)n1.Cc1nc(Nc2cnccn2)cc(-c2c(Nc3cc[nH]n3)nc3cccnn23)n1. The summed E-state index contributed by atoms with van der Waals surface area (Å²) in [7, 11) is 3.31. The zero-order valence-corrected chi connectivity index (χ0v) is 46.0. The van der Waals surface area contributed by atoms with Gasteiger partial charge in [0.2, 0.25) is 0 Å². The first-order valence-electron chi connectivity index (χ1n) is 25.9. The van der Waals surface area contributed by atoms with E-state index in [1.165, 1.54) is 4.90 Å². The second kappa shape index (κ2) is 24.5. The van der Waals surface area contributed by atoms with E-state index in [1.807, 2.05) is 50.2 Å². The minimum absolute atomic E-state index is 0.282. The fourth-order valence-corrected chi connectivity index (χ4v) is 8.27. The summed E-state index contributed by atoms with van der Waals surface area (Å²) in [6, 6.07) is 20.9. The third kappa shape index (κ3) is 12.8. The van der Waals surface area contributed by atoms with Gasteiger partial charge in [-0.15, -0.1) is 0 Å². The minimum atomic E-state index is -0.335. The van der Waals surface area contributed by atoms with Crippen LogP contribution in [0, 0.1) is 20.8 Å². The van der Waals surface area contributed by atoms with E-state index in [9.17, 15) is 9.59 Å². The third-order valence-electron chi connectivity index (χ3n) is 11.7. The summed E-state index contributed by atoms with van der Waals surface area (Å²) >= 11 is 0. The van der Waals surface area contributed by atoms with Crippen molar-refractivity contribution in [2.45, 2.75) is 27.7 Å². The van der Waals surface area contributed by atoms with Gasteiger partial charge in [0.05, 0.1) is 23.3 Å². The van der Waals surface area contributed by atoms with Gasteiger partial charge in [-0.25, -0.2) is 73.0 Å². The molecule has 0 fully saturated rings. The van der Waals surface area contributed by atoms with E-state index < -0.39 is 0 Å². The van der Waals surface area contributed by atoms with Gasteiger partial charge in [-0.1, -0.05) is 0 Å². The molecule has 0 saturated heterocycles. The number of imidazole rings is 3. The van der Waals surface area contributed by atoms with E-state index >= 15 is 0 Å². The van der Waals surface area contributed by atoms with Gasteiger partial charge in [0.25, 0.3) is 0 Å². The molecule has 13 heterocycles. The lowest BCUT2D eigenvalue weighted by Gasteiger charge is -2.12. The molecule has 4 amide bonds. The standard InChI is InChI=1S/C18H15N11.2C17H18N10O/c1-11-23-12(9-14(24-11)25-15-10-19-7-8-20-15)17-18(26-13-4-6-21-28-13)27-16-3-2-5-22-29(16)17;1-10-20-11(9-13(21-10)23-17(28)26(2)3)15-16(22-12-6-8-18-25-12)24-14-5-4-7-19-27(14)15;1-3-18-17(28)24-13-9-11(21-10(2)22-13)15-16(23-12-6-8-19-26-12)25-14-5-4-7-20-27(14)15/h2-10H,1H3,(H2,21,26,28)(H,20,23,24,25);4-9H,1-3H3,(H2,18,22,25)(H,20,21,23,28);4-9H,3H2,1-2H3,(H2,19,23,26)(H2,18,21,22,24,28). The molecule has 0 radical (unpaired) electrons. The highest BCUT2D eigenvalue weighted by Gasteiger charge is 2.23. The van der Waals surface area contributed by atoms with Crippen molar-refractivity contribution in [3.63, 3.8) is 0 Å². The summed E-state index contributed by atoms with van der Waals surface area (Å²) < 4.78 is 5.07. The van der Waals surface area contributed by atoms with Crippen LogP contribution in [-0.2, 0) is 0 Å². The van der Waals surface area contributed by atoms with Gasteiger partial charge in [0.15, 0.2) is 51.8 Å². The van der Waals surface area contributed by atoms with Crippen LogP contribution in [-0.4, -0.2) is 152 Å². The maximum absolute atomic E-state index is 12.0. The molecule has 13 rings (SSSR count). The second-order valence-corrected chi connectivity index (χ2v) is 18.1. The molecule has 13 aromatic heterocycles. The molecule has 0 saturated carbocycles. The molecule has 0 aliphatic carbocycles. The summed E-state index contributed by atoms with van der Waals surface area (Å²) in [5.41, 5.74) is 5.68. The molecular formula is C52H51N31O2. The van der Waals surface area contributed by atoms with Crippen LogP contribution < -0.4 is 37.2 Å². The van der Waals surface area contributed by atoms with Crippen molar-refractivity contribution in [3.8, 4) is 34.2 Å². The molecule has 426 valence electrons. The van der Waals surface area contributed by atoms with Crippen LogP contribution in [0.25, 0.3) is 51.1 Å². The molecule has 0 spiro atoms. The number of hydrogen-bond donors (Lipinski definition) is 10. The third-order valence-corrected chi connectivity index (χ3v) is 11.7. The van der Waals surface area contributed by atoms with Crippen molar-refractivity contribution >= 4 is 87.2 Å². The summed E-state index contributed by atoms with van der Waals surface area (Å²) in [5, 5.41) is 54.7. The molecule has 10 N–H and O–H groups in total. The van der Waals surface area contributed by atoms with Gasteiger partial charge in [0, 0.05) is 107 Å². The van der Waals surface area contributed by atoms with Gasteiger partial charge in [-0.2, -0.15) is 30.6 Å². The van der Waals surface area contributed by atoms with E-state index in [0.717, 1.165) is 0 Å². The van der Waals surface area contributed by atoms with Crippen LogP contribution >= 0.6 is 0 Å². The number of amides is 4. The van der Waals surface area contributed by atoms with E-state index in [1.54, 1.807) is 134 Å². The van der Waals surface area contributed by atoms with Gasteiger partial charge >= 0.3 is 12.1 Å². The van der Waals surface area contributed by atoms with Crippen LogP contribution in [0.4, 0.5) is 67.8 Å². The van der Waals surface area contributed by atoms with Crippen molar-refractivity contribution in [3.05, 3.63) is 146 Å². The normalized spacial score (nSPS) is 10.8. The van der Waals surface area contributed by atoms with Crippen LogP contribution in [0.15, 0.2) is 129 Å². The summed E-state index contributed by atoms with van der Waals surface area (Å²) in [6.07, 6.45) is 15.0. The maximum Gasteiger partial charge on any atom is 0.322 e. The topological polar surface area (TPSA) is 401 Å². The lowest BCUT2D eigenvalue weighted by molar-refractivity contribution is 0.230. The van der Waals surface area contributed by atoms with Crippen LogP contribution in [0.2, 0.25) is 0 Å². The predicted octanol–water partition coefficient (Wildman–Crippen LogP) is 6.65. The average Bonchev–Trinajstić information content (AvgIpc) is 3.22. The molecule has 0 bridgehead atoms. The zero-order valence-electron chi connectivity index (χ0n) is 46.0. The number of anilines is 10. The molecular weight excluding hydrogens is 1090 g/mol. The van der Waals surface area contributed by atoms with Crippen molar-refractivity contribution in [2.24, 2.45) is 0 Å². The highest BCUT2D eigenvalue weighted by Crippen LogP contribution is 2.33. The molecule has 0 atom stereocenters. The van der Waals surface area contributed by atoms with E-state index in [0.29, 0.717) is 133 Å². The lowest BCUT2D eigenvalue weighted by Crippen LogP contribution is -2.28. The number of carbonyl (C=O) groups is 2. The number of carbonyl (C=O) groups excluding carboxylic acids is 2. The Morgan fingerprint density at radius 2 is 0.906 bits per heavy atom. The number of nitrogens with one attached hydrogen (secondary N) is 10. The predicted molar refractivity (Wildman–Crippen MR) is 313 cm³/mol. The monoisotopic (exact) mass is 1140 g/mol. The number of aryl methyl sites for hydroxylation is 3. The Kier molecular flexibility index (Phi) is 15.7.